The summed E-state index contributed by atoms with van der Waals surface area (Å²) in [4.78, 5) is 73.0. The van der Waals surface area contributed by atoms with Gasteiger partial charge in [-0.3, -0.25) is 37.3 Å². The van der Waals surface area contributed by atoms with Crippen LogP contribution in [0.1, 0.15) is 408 Å². The summed E-state index contributed by atoms with van der Waals surface area (Å²) >= 11 is 0. The minimum Gasteiger partial charge on any atom is -0.462 e. The van der Waals surface area contributed by atoms with Crippen LogP contribution in [0.25, 0.3) is 0 Å². The molecule has 0 heterocycles. The first-order valence-corrected chi connectivity index (χ1v) is 45.2. The molecule has 0 amide bonds. The smallest absolute Gasteiger partial charge is 0.462 e. The highest BCUT2D eigenvalue weighted by Crippen LogP contribution is 2.45. The Balaban J connectivity index is 5.25. The van der Waals surface area contributed by atoms with Crippen molar-refractivity contribution in [2.24, 2.45) is 17.8 Å². The Hall–Kier alpha value is -2.46. The first-order valence-electron chi connectivity index (χ1n) is 42.2. The summed E-state index contributed by atoms with van der Waals surface area (Å²) in [6.07, 6.45) is 64.7. The molecule has 0 saturated carbocycles. The number of esters is 4. The quantitative estimate of drug-likeness (QED) is 0.0169. The van der Waals surface area contributed by atoms with Crippen molar-refractivity contribution in [1.82, 2.24) is 0 Å². The van der Waals surface area contributed by atoms with Crippen LogP contribution in [-0.2, 0) is 65.4 Å². The van der Waals surface area contributed by atoms with E-state index in [1.54, 1.807) is 0 Å². The predicted octanol–water partition coefficient (Wildman–Crippen LogP) is 24.5. The van der Waals surface area contributed by atoms with Gasteiger partial charge in [-0.15, -0.1) is 0 Å². The molecular weight excluding hydrogens is 1330 g/mol. The molecular formula is C83H158O17P2. The molecule has 0 rings (SSSR count). The number of hydrogen-bond donors (Lipinski definition) is 3. The summed E-state index contributed by atoms with van der Waals surface area (Å²) in [5, 5.41) is 10.6. The van der Waals surface area contributed by atoms with Crippen LogP contribution in [0.4, 0.5) is 0 Å². The van der Waals surface area contributed by atoms with Gasteiger partial charge in [0.05, 0.1) is 26.4 Å². The van der Waals surface area contributed by atoms with Gasteiger partial charge in [-0.05, 0) is 69.1 Å². The summed E-state index contributed by atoms with van der Waals surface area (Å²) in [5.41, 5.74) is 0. The fourth-order valence-electron chi connectivity index (χ4n) is 12.3. The lowest BCUT2D eigenvalue weighted by molar-refractivity contribution is -0.161. The van der Waals surface area contributed by atoms with Crippen LogP contribution < -0.4 is 0 Å². The molecule has 0 aromatic carbocycles. The zero-order valence-electron chi connectivity index (χ0n) is 66.6. The number of phosphoric ester groups is 2. The molecule has 6 atom stereocenters. The van der Waals surface area contributed by atoms with Gasteiger partial charge in [-0.1, -0.05) is 355 Å². The third-order valence-electron chi connectivity index (χ3n) is 19.1. The number of carbonyl (C=O) groups excluding carboxylic acids is 4. The van der Waals surface area contributed by atoms with Crippen LogP contribution >= 0.6 is 15.6 Å². The van der Waals surface area contributed by atoms with Gasteiger partial charge in [0.2, 0.25) is 0 Å². The van der Waals surface area contributed by atoms with Crippen LogP contribution in [0.15, 0.2) is 24.3 Å². The Labute approximate surface area is 624 Å². The van der Waals surface area contributed by atoms with Crippen molar-refractivity contribution in [3.05, 3.63) is 24.3 Å². The van der Waals surface area contributed by atoms with E-state index in [9.17, 15) is 43.2 Å². The minimum atomic E-state index is -4.97. The van der Waals surface area contributed by atoms with Crippen LogP contribution in [0.2, 0.25) is 0 Å². The molecule has 0 radical (unpaired) electrons. The minimum absolute atomic E-state index is 0.101. The first kappa shape index (κ1) is 99.5. The molecule has 0 aliphatic heterocycles. The molecule has 0 bridgehead atoms. The topological polar surface area (TPSA) is 237 Å². The van der Waals surface area contributed by atoms with E-state index in [-0.39, 0.29) is 25.7 Å². The second kappa shape index (κ2) is 72.7. The van der Waals surface area contributed by atoms with Crippen molar-refractivity contribution >= 4 is 39.5 Å². The average molecular weight is 1490 g/mol. The largest absolute Gasteiger partial charge is 0.472 e. The fraction of sp³-hybridized carbons (Fsp3) is 0.904. The molecule has 0 aromatic rings. The number of allylic oxidation sites excluding steroid dienone is 4. The summed E-state index contributed by atoms with van der Waals surface area (Å²) in [6, 6.07) is 0. The van der Waals surface area contributed by atoms with Gasteiger partial charge in [0, 0.05) is 25.7 Å². The second-order valence-electron chi connectivity index (χ2n) is 30.4. The monoisotopic (exact) mass is 1490 g/mol. The number of aliphatic hydroxyl groups excluding tert-OH is 1. The van der Waals surface area contributed by atoms with E-state index in [0.29, 0.717) is 31.6 Å². The third kappa shape index (κ3) is 74.4. The van der Waals surface area contributed by atoms with Gasteiger partial charge in [-0.2, -0.15) is 0 Å². The van der Waals surface area contributed by atoms with Crippen molar-refractivity contribution in [3.63, 3.8) is 0 Å². The average Bonchev–Trinajstić information content (AvgIpc) is 0.913. The zero-order chi connectivity index (χ0) is 75.1. The normalized spacial score (nSPS) is 14.4. The molecule has 17 nitrogen and oxygen atoms in total. The number of ether oxygens (including phenoxy) is 4. The summed E-state index contributed by atoms with van der Waals surface area (Å²) in [5.74, 6) is 0.207. The van der Waals surface area contributed by atoms with Gasteiger partial charge >= 0.3 is 39.5 Å². The Bertz CT molecular complexity index is 2070. The highest BCUT2D eigenvalue weighted by molar-refractivity contribution is 7.47. The highest BCUT2D eigenvalue weighted by Gasteiger charge is 2.30. The third-order valence-corrected chi connectivity index (χ3v) is 21.0. The predicted molar refractivity (Wildman–Crippen MR) is 418 cm³/mol. The Morgan fingerprint density at radius 1 is 0.324 bits per heavy atom. The summed E-state index contributed by atoms with van der Waals surface area (Å²) in [6.45, 7) is 11.9. The maximum absolute atomic E-state index is 13.1. The van der Waals surface area contributed by atoms with E-state index >= 15 is 0 Å². The molecule has 19 heteroatoms. The lowest BCUT2D eigenvalue weighted by Crippen LogP contribution is -2.30. The molecule has 102 heavy (non-hydrogen) atoms. The molecule has 0 aromatic heterocycles. The molecule has 0 aliphatic carbocycles. The molecule has 0 aliphatic rings. The lowest BCUT2D eigenvalue weighted by atomic mass is 9.99. The summed E-state index contributed by atoms with van der Waals surface area (Å²) < 4.78 is 68.7. The maximum atomic E-state index is 13.1. The van der Waals surface area contributed by atoms with Gasteiger partial charge < -0.3 is 33.8 Å². The summed E-state index contributed by atoms with van der Waals surface area (Å²) in [7, 11) is -9.93. The van der Waals surface area contributed by atoms with Crippen LogP contribution in [0.5, 0.6) is 0 Å². The van der Waals surface area contributed by atoms with Crippen molar-refractivity contribution in [2.75, 3.05) is 39.6 Å². The van der Waals surface area contributed by atoms with Gasteiger partial charge in [0.1, 0.15) is 19.3 Å². The number of unbranched alkanes of at least 4 members (excludes halogenated alkanes) is 43. The first-order chi connectivity index (χ1) is 49.3. The number of hydrogen-bond acceptors (Lipinski definition) is 15. The van der Waals surface area contributed by atoms with Gasteiger partial charge in [-0.25, -0.2) is 9.13 Å². The molecule has 602 valence electrons. The van der Waals surface area contributed by atoms with Gasteiger partial charge in [0.25, 0.3) is 0 Å². The SMILES string of the molecule is CCCCCC/C=C\C=C/CCCCCCCC(=O)OC[C@H](COP(=O)(O)OCC(O)COP(=O)(O)OC[C@@H](COC(=O)CCCCCCCCCC(C)C)OC(=O)CCCCCCCCCCCCCCC(C)C)OC(=O)CCCCCCCCCCCCCCCCCCCCC(C)CC. The van der Waals surface area contributed by atoms with E-state index in [4.69, 9.17) is 37.0 Å². The number of carbonyl (C=O) groups is 4. The maximum Gasteiger partial charge on any atom is 0.472 e. The molecule has 3 N–H and O–H groups in total. The van der Waals surface area contributed by atoms with Crippen LogP contribution in [-0.4, -0.2) is 96.7 Å². The Morgan fingerprint density at radius 2 is 0.578 bits per heavy atom. The molecule has 0 spiro atoms. The van der Waals surface area contributed by atoms with Crippen molar-refractivity contribution in [1.29, 1.82) is 0 Å². The van der Waals surface area contributed by atoms with Crippen LogP contribution in [0, 0.1) is 17.8 Å². The van der Waals surface area contributed by atoms with E-state index in [2.05, 4.69) is 72.8 Å². The zero-order valence-corrected chi connectivity index (χ0v) is 68.4. The Morgan fingerprint density at radius 3 is 0.873 bits per heavy atom. The second-order valence-corrected chi connectivity index (χ2v) is 33.3. The van der Waals surface area contributed by atoms with Crippen molar-refractivity contribution in [3.8, 4) is 0 Å². The number of rotatable bonds is 79. The van der Waals surface area contributed by atoms with Crippen molar-refractivity contribution < 1.29 is 80.2 Å². The van der Waals surface area contributed by atoms with Crippen LogP contribution in [0.3, 0.4) is 0 Å². The molecule has 0 fully saturated rings. The van der Waals surface area contributed by atoms with Gasteiger partial charge in [0.15, 0.2) is 12.2 Å². The van der Waals surface area contributed by atoms with E-state index in [0.717, 1.165) is 127 Å². The van der Waals surface area contributed by atoms with E-state index in [1.807, 2.05) is 0 Å². The van der Waals surface area contributed by atoms with E-state index < -0.39 is 97.5 Å². The van der Waals surface area contributed by atoms with E-state index in [1.165, 1.54) is 193 Å². The fourth-order valence-corrected chi connectivity index (χ4v) is 13.8. The molecule has 4 unspecified atom stereocenters. The Kier molecular flexibility index (Phi) is 71.0. The molecule has 0 saturated heterocycles. The number of phosphoric acid groups is 2. The standard InChI is InChI=1S/C83H158O17P2/c1-8-10-11-12-13-14-15-16-21-25-31-36-43-50-57-64-80(85)93-70-78(99-82(87)66-59-52-44-37-32-26-23-20-18-17-19-22-24-30-35-42-49-56-63-76(7)9-2)72-97-101(89,90)95-68-77(84)69-96-102(91,92)98-73-79(71-94-81(86)65-58-51-46-39-41-48-55-62-75(5)6)100-83(88)67-60-53-45-38-33-28-27-29-34-40-47-54-61-74(3)4/h14-16,21,74-79,84H,8-13,17-20,22-73H2,1-7H3,(H,89,90)(H,91,92)/b15-14-,21-16-/t76?,77?,78-,79-/m1/s1. The number of aliphatic hydroxyl groups is 1. The lowest BCUT2D eigenvalue weighted by Gasteiger charge is -2.21. The van der Waals surface area contributed by atoms with Crippen molar-refractivity contribution in [2.45, 2.75) is 426 Å². The highest BCUT2D eigenvalue weighted by atomic mass is 31.2.